The summed E-state index contributed by atoms with van der Waals surface area (Å²) in [7, 11) is 0. The van der Waals surface area contributed by atoms with Crippen LogP contribution in [0.5, 0.6) is 0 Å². The standard InChI is InChI=1S/C14H19N3O3/c18-13(5-4-12-3-1-2-6-15-12)17-9-7-16(8-10-17)11-14(19)20/h1-3,6H,4-5,7-11H2,(H,19,20). The Labute approximate surface area is 118 Å². The fraction of sp³-hybridized carbons (Fsp3) is 0.500. The summed E-state index contributed by atoms with van der Waals surface area (Å²) in [4.78, 5) is 30.5. The molecule has 0 atom stereocenters. The molecule has 6 heteroatoms. The van der Waals surface area contributed by atoms with Crippen molar-refractivity contribution in [3.63, 3.8) is 0 Å². The van der Waals surface area contributed by atoms with Crippen LogP contribution >= 0.6 is 0 Å². The number of hydrogen-bond acceptors (Lipinski definition) is 4. The number of nitrogens with zero attached hydrogens (tertiary/aromatic N) is 3. The summed E-state index contributed by atoms with van der Waals surface area (Å²) < 4.78 is 0. The highest BCUT2D eigenvalue weighted by atomic mass is 16.4. The van der Waals surface area contributed by atoms with E-state index in [0.29, 0.717) is 39.0 Å². The first-order chi connectivity index (χ1) is 9.65. The van der Waals surface area contributed by atoms with E-state index in [0.717, 1.165) is 5.69 Å². The highest BCUT2D eigenvalue weighted by molar-refractivity contribution is 5.76. The first-order valence-electron chi connectivity index (χ1n) is 6.77. The molecule has 0 unspecified atom stereocenters. The molecule has 1 N–H and O–H groups in total. The number of aryl methyl sites for hydroxylation is 1. The Bertz CT molecular complexity index is 456. The van der Waals surface area contributed by atoms with E-state index in [1.807, 2.05) is 23.1 Å². The Balaban J connectivity index is 1.73. The summed E-state index contributed by atoms with van der Waals surface area (Å²) in [6.45, 7) is 2.52. The van der Waals surface area contributed by atoms with Crippen LogP contribution in [0.3, 0.4) is 0 Å². The van der Waals surface area contributed by atoms with Crippen molar-refractivity contribution in [2.24, 2.45) is 0 Å². The molecule has 0 spiro atoms. The molecule has 1 aliphatic heterocycles. The van der Waals surface area contributed by atoms with E-state index in [1.165, 1.54) is 0 Å². The molecule has 2 rings (SSSR count). The zero-order valence-corrected chi connectivity index (χ0v) is 11.4. The second-order valence-electron chi connectivity index (χ2n) is 4.87. The molecule has 0 aromatic carbocycles. The first-order valence-corrected chi connectivity index (χ1v) is 6.77. The quantitative estimate of drug-likeness (QED) is 0.834. The van der Waals surface area contributed by atoms with E-state index < -0.39 is 5.97 Å². The number of carbonyl (C=O) groups is 2. The van der Waals surface area contributed by atoms with Gasteiger partial charge in [0.15, 0.2) is 0 Å². The lowest BCUT2D eigenvalue weighted by atomic mass is 10.2. The molecule has 1 aliphatic rings. The van der Waals surface area contributed by atoms with Crippen molar-refractivity contribution in [3.05, 3.63) is 30.1 Å². The number of rotatable bonds is 5. The molecule has 108 valence electrons. The van der Waals surface area contributed by atoms with E-state index in [-0.39, 0.29) is 12.5 Å². The summed E-state index contributed by atoms with van der Waals surface area (Å²) in [5.74, 6) is -0.703. The van der Waals surface area contributed by atoms with Crippen molar-refractivity contribution in [1.29, 1.82) is 0 Å². The van der Waals surface area contributed by atoms with Gasteiger partial charge in [-0.15, -0.1) is 0 Å². The zero-order chi connectivity index (χ0) is 14.4. The topological polar surface area (TPSA) is 73.7 Å². The van der Waals surface area contributed by atoms with Crippen LogP contribution in [-0.4, -0.2) is 64.5 Å². The van der Waals surface area contributed by atoms with E-state index in [1.54, 1.807) is 11.1 Å². The highest BCUT2D eigenvalue weighted by Gasteiger charge is 2.21. The van der Waals surface area contributed by atoms with Crippen molar-refractivity contribution >= 4 is 11.9 Å². The molecule has 1 aromatic heterocycles. The fourth-order valence-electron chi connectivity index (χ4n) is 2.29. The van der Waals surface area contributed by atoms with Gasteiger partial charge < -0.3 is 10.0 Å². The summed E-state index contributed by atoms with van der Waals surface area (Å²) in [6, 6.07) is 5.68. The van der Waals surface area contributed by atoms with E-state index >= 15 is 0 Å². The van der Waals surface area contributed by atoms with Crippen LogP contribution in [0.4, 0.5) is 0 Å². The number of carboxylic acid groups (broad SMARTS) is 1. The third-order valence-electron chi connectivity index (χ3n) is 3.41. The molecule has 1 saturated heterocycles. The number of carboxylic acids is 1. The number of hydrogen-bond donors (Lipinski definition) is 1. The Morgan fingerprint density at radius 2 is 1.95 bits per heavy atom. The number of aromatic nitrogens is 1. The van der Waals surface area contributed by atoms with Gasteiger partial charge in [-0.25, -0.2) is 0 Å². The second kappa shape index (κ2) is 7.00. The van der Waals surface area contributed by atoms with Gasteiger partial charge in [-0.05, 0) is 18.6 Å². The van der Waals surface area contributed by atoms with Gasteiger partial charge in [-0.1, -0.05) is 6.07 Å². The average molecular weight is 277 g/mol. The van der Waals surface area contributed by atoms with Gasteiger partial charge in [-0.2, -0.15) is 0 Å². The van der Waals surface area contributed by atoms with Crippen LogP contribution < -0.4 is 0 Å². The highest BCUT2D eigenvalue weighted by Crippen LogP contribution is 2.06. The van der Waals surface area contributed by atoms with Crippen LogP contribution in [-0.2, 0) is 16.0 Å². The van der Waals surface area contributed by atoms with Gasteiger partial charge in [0.1, 0.15) is 0 Å². The maximum absolute atomic E-state index is 12.1. The van der Waals surface area contributed by atoms with Crippen LogP contribution in [0.2, 0.25) is 0 Å². The fourth-order valence-corrected chi connectivity index (χ4v) is 2.29. The molecule has 1 amide bonds. The molecule has 6 nitrogen and oxygen atoms in total. The van der Waals surface area contributed by atoms with E-state index in [2.05, 4.69) is 4.98 Å². The largest absolute Gasteiger partial charge is 0.480 e. The van der Waals surface area contributed by atoms with Gasteiger partial charge >= 0.3 is 5.97 Å². The monoisotopic (exact) mass is 277 g/mol. The third-order valence-corrected chi connectivity index (χ3v) is 3.41. The maximum Gasteiger partial charge on any atom is 0.317 e. The van der Waals surface area contributed by atoms with Crippen molar-refractivity contribution in [2.45, 2.75) is 12.8 Å². The van der Waals surface area contributed by atoms with Gasteiger partial charge in [0, 0.05) is 44.5 Å². The van der Waals surface area contributed by atoms with Gasteiger partial charge in [0.2, 0.25) is 5.91 Å². The van der Waals surface area contributed by atoms with E-state index in [9.17, 15) is 9.59 Å². The van der Waals surface area contributed by atoms with Gasteiger partial charge in [0.05, 0.1) is 6.54 Å². The summed E-state index contributed by atoms with van der Waals surface area (Å²) >= 11 is 0. The van der Waals surface area contributed by atoms with Crippen molar-refractivity contribution in [2.75, 3.05) is 32.7 Å². The molecule has 0 aliphatic carbocycles. The molecule has 0 radical (unpaired) electrons. The minimum absolute atomic E-state index is 0.0516. The normalized spacial score (nSPS) is 16.1. The Kier molecular flexibility index (Phi) is 5.06. The lowest BCUT2D eigenvalue weighted by molar-refractivity contribution is -0.139. The van der Waals surface area contributed by atoms with Crippen LogP contribution in [0.15, 0.2) is 24.4 Å². The summed E-state index contributed by atoms with van der Waals surface area (Å²) in [5.41, 5.74) is 0.922. The summed E-state index contributed by atoms with van der Waals surface area (Å²) in [5, 5.41) is 8.72. The lowest BCUT2D eigenvalue weighted by Crippen LogP contribution is -2.49. The molecule has 0 saturated carbocycles. The van der Waals surface area contributed by atoms with Crippen molar-refractivity contribution < 1.29 is 14.7 Å². The number of aliphatic carboxylic acids is 1. The molecular formula is C14H19N3O3. The minimum Gasteiger partial charge on any atom is -0.480 e. The molecule has 0 bridgehead atoms. The van der Waals surface area contributed by atoms with Crippen molar-refractivity contribution in [1.82, 2.24) is 14.8 Å². The lowest BCUT2D eigenvalue weighted by Gasteiger charge is -2.33. The van der Waals surface area contributed by atoms with Gasteiger partial charge in [0.25, 0.3) is 0 Å². The number of piperazine rings is 1. The first kappa shape index (κ1) is 14.5. The second-order valence-corrected chi connectivity index (χ2v) is 4.87. The maximum atomic E-state index is 12.1. The predicted octanol–water partition coefficient (Wildman–Crippen LogP) is 0.243. The van der Waals surface area contributed by atoms with Crippen LogP contribution in [0.25, 0.3) is 0 Å². The van der Waals surface area contributed by atoms with Crippen molar-refractivity contribution in [3.8, 4) is 0 Å². The molecule has 2 heterocycles. The Morgan fingerprint density at radius 1 is 1.20 bits per heavy atom. The SMILES string of the molecule is O=C(O)CN1CCN(C(=O)CCc2ccccn2)CC1. The third kappa shape index (κ3) is 4.31. The Morgan fingerprint density at radius 3 is 2.55 bits per heavy atom. The zero-order valence-electron chi connectivity index (χ0n) is 11.4. The Hall–Kier alpha value is -1.95. The molecular weight excluding hydrogens is 258 g/mol. The molecule has 1 aromatic rings. The number of carbonyl (C=O) groups excluding carboxylic acids is 1. The minimum atomic E-state index is -0.820. The predicted molar refractivity (Wildman–Crippen MR) is 73.2 cm³/mol. The molecule has 20 heavy (non-hydrogen) atoms. The number of pyridine rings is 1. The van der Waals surface area contributed by atoms with Crippen LogP contribution in [0, 0.1) is 0 Å². The van der Waals surface area contributed by atoms with Crippen LogP contribution in [0.1, 0.15) is 12.1 Å². The summed E-state index contributed by atoms with van der Waals surface area (Å²) in [6.07, 6.45) is 2.83. The number of amides is 1. The average Bonchev–Trinajstić information content (AvgIpc) is 2.46. The van der Waals surface area contributed by atoms with Gasteiger partial charge in [-0.3, -0.25) is 19.5 Å². The smallest absolute Gasteiger partial charge is 0.317 e. The molecule has 1 fully saturated rings. The van der Waals surface area contributed by atoms with E-state index in [4.69, 9.17) is 5.11 Å².